The molecule has 0 unspecified atom stereocenters. The molecule has 0 aromatic heterocycles. The summed E-state index contributed by atoms with van der Waals surface area (Å²) in [7, 11) is -3.62. The number of unbranched alkanes of at least 4 members (excludes halogenated alkanes) is 13. The first kappa shape index (κ1) is 33.6. The fraction of sp³-hybridized carbons (Fsp3) is 0.594. The summed E-state index contributed by atoms with van der Waals surface area (Å²) in [5.41, 5.74) is 1.78. The van der Waals surface area contributed by atoms with Crippen molar-refractivity contribution >= 4 is 21.7 Å². The van der Waals surface area contributed by atoms with E-state index in [4.69, 9.17) is 9.84 Å². The van der Waals surface area contributed by atoms with Crippen LogP contribution in [0.25, 0.3) is 0 Å². The van der Waals surface area contributed by atoms with Crippen molar-refractivity contribution in [3.63, 3.8) is 0 Å². The van der Waals surface area contributed by atoms with Gasteiger partial charge in [0.25, 0.3) is 0 Å². The van der Waals surface area contributed by atoms with E-state index in [1.165, 1.54) is 83.5 Å². The number of rotatable bonds is 24. The highest BCUT2D eigenvalue weighted by molar-refractivity contribution is 7.89. The molecule has 0 aliphatic heterocycles. The van der Waals surface area contributed by atoms with Gasteiger partial charge in [-0.3, -0.25) is 0 Å². The summed E-state index contributed by atoms with van der Waals surface area (Å²) in [6.45, 7) is 2.96. The van der Waals surface area contributed by atoms with Gasteiger partial charge in [-0.1, -0.05) is 103 Å². The number of ether oxygens (including phenoxy) is 1. The number of aliphatic carboxylic acids is 1. The maximum absolute atomic E-state index is 12.7. The molecule has 7 nitrogen and oxygen atoms in total. The highest BCUT2D eigenvalue weighted by atomic mass is 32.2. The van der Waals surface area contributed by atoms with Crippen LogP contribution in [0.5, 0.6) is 5.75 Å². The van der Waals surface area contributed by atoms with Gasteiger partial charge < -0.3 is 15.2 Å². The number of hydrogen-bond donors (Lipinski definition) is 3. The summed E-state index contributed by atoms with van der Waals surface area (Å²) < 4.78 is 33.1. The van der Waals surface area contributed by atoms with Crippen molar-refractivity contribution in [1.82, 2.24) is 4.72 Å². The molecule has 2 aromatic carbocycles. The molecule has 0 bridgehead atoms. The minimum absolute atomic E-state index is 0.226. The van der Waals surface area contributed by atoms with Crippen LogP contribution in [0.3, 0.4) is 0 Å². The van der Waals surface area contributed by atoms with Crippen LogP contribution in [0, 0.1) is 0 Å². The number of hydrogen-bond acceptors (Lipinski definition) is 5. The Morgan fingerprint density at radius 2 is 1.35 bits per heavy atom. The Balaban J connectivity index is 1.54. The Bertz CT molecular complexity index is 1060. The zero-order chi connectivity index (χ0) is 28.9. The van der Waals surface area contributed by atoms with E-state index in [0.717, 1.165) is 24.2 Å². The molecule has 0 fully saturated rings. The van der Waals surface area contributed by atoms with Gasteiger partial charge in [0.2, 0.25) is 10.0 Å². The second kappa shape index (κ2) is 20.3. The number of carboxylic acid groups (broad SMARTS) is 1. The van der Waals surface area contributed by atoms with Gasteiger partial charge in [-0.25, -0.2) is 17.9 Å². The standard InChI is InChI=1S/C32H50N2O5S/c1-2-3-4-5-6-7-8-9-10-11-12-13-14-15-24-33-29-19-21-31(22-20-29)40(37,38)34-25-23-28-17-16-18-30(26-28)39-27-32(35)36/h16-22,26,33-34H,2-15,23-25,27H2,1H3,(H,35,36). The molecule has 224 valence electrons. The van der Waals surface area contributed by atoms with E-state index < -0.39 is 22.6 Å². The lowest BCUT2D eigenvalue weighted by Crippen LogP contribution is -2.26. The molecule has 0 aliphatic rings. The summed E-state index contributed by atoms with van der Waals surface area (Å²) in [6, 6.07) is 13.9. The summed E-state index contributed by atoms with van der Waals surface area (Å²) >= 11 is 0. The smallest absolute Gasteiger partial charge is 0.341 e. The van der Waals surface area contributed by atoms with Crippen LogP contribution in [0.4, 0.5) is 5.69 Å². The van der Waals surface area contributed by atoms with Gasteiger partial charge in [0.05, 0.1) is 4.90 Å². The van der Waals surface area contributed by atoms with Gasteiger partial charge in [0.15, 0.2) is 6.61 Å². The van der Waals surface area contributed by atoms with E-state index in [0.29, 0.717) is 12.2 Å². The predicted molar refractivity (Wildman–Crippen MR) is 164 cm³/mol. The van der Waals surface area contributed by atoms with Crippen LogP contribution in [0.2, 0.25) is 0 Å². The summed E-state index contributed by atoms with van der Waals surface area (Å²) in [4.78, 5) is 10.9. The first-order valence-corrected chi connectivity index (χ1v) is 16.7. The van der Waals surface area contributed by atoms with E-state index in [1.807, 2.05) is 18.2 Å². The van der Waals surface area contributed by atoms with Crippen molar-refractivity contribution in [2.24, 2.45) is 0 Å². The predicted octanol–water partition coefficient (Wildman–Crippen LogP) is 7.56. The summed E-state index contributed by atoms with van der Waals surface area (Å²) in [5, 5.41) is 12.1. The van der Waals surface area contributed by atoms with Crippen molar-refractivity contribution < 1.29 is 23.1 Å². The van der Waals surface area contributed by atoms with Gasteiger partial charge in [0.1, 0.15) is 5.75 Å². The van der Waals surface area contributed by atoms with Crippen molar-refractivity contribution in [3.05, 3.63) is 54.1 Å². The van der Waals surface area contributed by atoms with Gasteiger partial charge in [0, 0.05) is 18.8 Å². The van der Waals surface area contributed by atoms with Crippen molar-refractivity contribution in [2.45, 2.75) is 108 Å². The van der Waals surface area contributed by atoms with Crippen LogP contribution in [-0.2, 0) is 21.2 Å². The average Bonchev–Trinajstić information content (AvgIpc) is 2.94. The highest BCUT2D eigenvalue weighted by Crippen LogP contribution is 2.17. The zero-order valence-corrected chi connectivity index (χ0v) is 25.2. The van der Waals surface area contributed by atoms with E-state index in [-0.39, 0.29) is 11.4 Å². The molecule has 40 heavy (non-hydrogen) atoms. The van der Waals surface area contributed by atoms with Gasteiger partial charge in [-0.2, -0.15) is 0 Å². The molecular weight excluding hydrogens is 524 g/mol. The quantitative estimate of drug-likeness (QED) is 0.112. The Labute approximate surface area is 242 Å². The first-order chi connectivity index (χ1) is 19.4. The van der Waals surface area contributed by atoms with Crippen LogP contribution in [-0.4, -0.2) is 39.2 Å². The minimum atomic E-state index is -3.62. The fourth-order valence-electron chi connectivity index (χ4n) is 4.65. The van der Waals surface area contributed by atoms with Gasteiger partial charge in [-0.05, 0) is 54.8 Å². The first-order valence-electron chi connectivity index (χ1n) is 15.2. The molecule has 0 saturated heterocycles. The van der Waals surface area contributed by atoms with Crippen LogP contribution in [0.15, 0.2) is 53.4 Å². The van der Waals surface area contributed by atoms with E-state index in [1.54, 1.807) is 30.3 Å². The number of carboxylic acids is 1. The lowest BCUT2D eigenvalue weighted by molar-refractivity contribution is -0.139. The second-order valence-electron chi connectivity index (χ2n) is 10.5. The normalized spacial score (nSPS) is 11.4. The molecule has 0 heterocycles. The maximum atomic E-state index is 12.7. The molecule has 8 heteroatoms. The van der Waals surface area contributed by atoms with E-state index in [9.17, 15) is 13.2 Å². The number of anilines is 1. The third-order valence-corrected chi connectivity index (χ3v) is 8.47. The molecule has 0 spiro atoms. The minimum Gasteiger partial charge on any atom is -0.482 e. The second-order valence-corrected chi connectivity index (χ2v) is 12.3. The molecule has 0 amide bonds. The molecule has 0 radical (unpaired) electrons. The lowest BCUT2D eigenvalue weighted by Gasteiger charge is -2.10. The molecule has 3 N–H and O–H groups in total. The number of nitrogens with one attached hydrogen (secondary N) is 2. The van der Waals surface area contributed by atoms with Crippen LogP contribution < -0.4 is 14.8 Å². The van der Waals surface area contributed by atoms with Gasteiger partial charge >= 0.3 is 5.97 Å². The molecule has 0 saturated carbocycles. The van der Waals surface area contributed by atoms with E-state index in [2.05, 4.69) is 17.0 Å². The molecule has 2 rings (SSSR count). The zero-order valence-electron chi connectivity index (χ0n) is 24.3. The Hall–Kier alpha value is -2.58. The summed E-state index contributed by atoms with van der Waals surface area (Å²) in [6.07, 6.45) is 19.2. The van der Waals surface area contributed by atoms with Crippen LogP contribution >= 0.6 is 0 Å². The van der Waals surface area contributed by atoms with Crippen molar-refractivity contribution in [3.8, 4) is 5.75 Å². The van der Waals surface area contributed by atoms with Crippen molar-refractivity contribution in [2.75, 3.05) is 25.0 Å². The van der Waals surface area contributed by atoms with Crippen molar-refractivity contribution in [1.29, 1.82) is 0 Å². The molecule has 2 aromatic rings. The highest BCUT2D eigenvalue weighted by Gasteiger charge is 2.13. The third-order valence-electron chi connectivity index (χ3n) is 6.99. The molecule has 0 aliphatic carbocycles. The maximum Gasteiger partial charge on any atom is 0.341 e. The number of carbonyl (C=O) groups is 1. The monoisotopic (exact) mass is 574 g/mol. The fourth-order valence-corrected chi connectivity index (χ4v) is 5.68. The Morgan fingerprint density at radius 1 is 0.775 bits per heavy atom. The topological polar surface area (TPSA) is 105 Å². The van der Waals surface area contributed by atoms with E-state index >= 15 is 0 Å². The number of sulfonamides is 1. The molecular formula is C32H50N2O5S. The third kappa shape index (κ3) is 15.3. The van der Waals surface area contributed by atoms with Crippen LogP contribution in [0.1, 0.15) is 102 Å². The largest absolute Gasteiger partial charge is 0.482 e. The van der Waals surface area contributed by atoms with Gasteiger partial charge in [-0.15, -0.1) is 0 Å². The lowest BCUT2D eigenvalue weighted by atomic mass is 10.0. The Morgan fingerprint density at radius 3 is 1.93 bits per heavy atom. The molecule has 0 atom stereocenters. The SMILES string of the molecule is CCCCCCCCCCCCCCCCNc1ccc(S(=O)(=O)NCCc2cccc(OCC(=O)O)c2)cc1. The number of benzene rings is 2. The summed E-state index contributed by atoms with van der Waals surface area (Å²) in [5.74, 6) is -0.603. The average molecular weight is 575 g/mol. The Kier molecular flexibility index (Phi) is 17.1.